The van der Waals surface area contributed by atoms with Crippen molar-refractivity contribution in [1.29, 1.82) is 0 Å². The van der Waals surface area contributed by atoms with Gasteiger partial charge in [0.2, 0.25) is 15.9 Å². The minimum Gasteiger partial charge on any atom is -0.379 e. The number of piperidine rings is 1. The van der Waals surface area contributed by atoms with Crippen LogP contribution in [0.2, 0.25) is 5.02 Å². The normalized spacial score (nSPS) is 17.8. The lowest BCUT2D eigenvalue weighted by molar-refractivity contribution is -0.115. The van der Waals surface area contributed by atoms with Crippen LogP contribution in [0.3, 0.4) is 0 Å². The summed E-state index contributed by atoms with van der Waals surface area (Å²) >= 11 is 6.21. The van der Waals surface area contributed by atoms with E-state index in [1.165, 1.54) is 10.7 Å². The smallest absolute Gasteiger partial charge is 0.243 e. The summed E-state index contributed by atoms with van der Waals surface area (Å²) in [6.45, 7) is 3.17. The number of hydrogen-bond donors (Lipinski definition) is 1. The molecule has 1 N–H and O–H groups in total. The maximum absolute atomic E-state index is 13.2. The van der Waals surface area contributed by atoms with Gasteiger partial charge in [-0.15, -0.1) is 0 Å². The van der Waals surface area contributed by atoms with Gasteiger partial charge >= 0.3 is 0 Å². The Balaban J connectivity index is 1.63. The highest BCUT2D eigenvalue weighted by atomic mass is 35.5. The number of nitrogens with one attached hydrogen (secondary N) is 1. The van der Waals surface area contributed by atoms with Gasteiger partial charge in [0, 0.05) is 31.2 Å². The average Bonchev–Trinajstić information content (AvgIpc) is 2.81. The molecular formula is C23H28ClN3O4S. The van der Waals surface area contributed by atoms with Crippen molar-refractivity contribution in [1.82, 2.24) is 4.31 Å². The van der Waals surface area contributed by atoms with E-state index in [4.69, 9.17) is 16.3 Å². The lowest BCUT2D eigenvalue weighted by Gasteiger charge is -2.31. The number of rotatable bonds is 6. The van der Waals surface area contributed by atoms with Gasteiger partial charge in [-0.2, -0.15) is 4.31 Å². The number of nitrogens with zero attached hydrogens (tertiary/aromatic N) is 2. The molecule has 0 aliphatic carbocycles. The highest BCUT2D eigenvalue weighted by Crippen LogP contribution is 2.32. The molecule has 2 aromatic rings. The number of halogens is 1. The molecule has 0 aromatic heterocycles. The van der Waals surface area contributed by atoms with Gasteiger partial charge < -0.3 is 15.0 Å². The number of benzene rings is 2. The van der Waals surface area contributed by atoms with Crippen LogP contribution >= 0.6 is 11.6 Å². The van der Waals surface area contributed by atoms with E-state index in [-0.39, 0.29) is 17.2 Å². The van der Waals surface area contributed by atoms with Crippen molar-refractivity contribution in [2.75, 3.05) is 49.6 Å². The minimum absolute atomic E-state index is 0.111. The lowest BCUT2D eigenvalue weighted by atomic mass is 10.1. The molecule has 9 heteroatoms. The van der Waals surface area contributed by atoms with E-state index < -0.39 is 10.0 Å². The number of anilines is 2. The fraction of sp³-hybridized carbons (Fsp3) is 0.435. The molecule has 2 heterocycles. The number of ether oxygens (including phenoxy) is 1. The molecule has 2 saturated heterocycles. The van der Waals surface area contributed by atoms with Crippen LogP contribution in [0.25, 0.3) is 0 Å². The van der Waals surface area contributed by atoms with E-state index >= 15 is 0 Å². The molecule has 0 bridgehead atoms. The number of carbonyl (C=O) groups excluding carboxylic acids is 1. The summed E-state index contributed by atoms with van der Waals surface area (Å²) in [5, 5.41) is 3.48. The van der Waals surface area contributed by atoms with Gasteiger partial charge in [-0.05, 0) is 49.1 Å². The predicted octanol–water partition coefficient (Wildman–Crippen LogP) is 3.53. The molecule has 0 radical (unpaired) electrons. The van der Waals surface area contributed by atoms with Crippen LogP contribution in [-0.4, -0.2) is 58.0 Å². The molecule has 1 amide bonds. The molecule has 4 rings (SSSR count). The van der Waals surface area contributed by atoms with Gasteiger partial charge in [0.05, 0.1) is 35.9 Å². The Morgan fingerprint density at radius 2 is 1.72 bits per heavy atom. The first-order valence-corrected chi connectivity index (χ1v) is 12.8. The summed E-state index contributed by atoms with van der Waals surface area (Å²) in [6.07, 6.45) is 3.43. The Hall–Kier alpha value is -2.13. The number of hydrogen-bond acceptors (Lipinski definition) is 5. The monoisotopic (exact) mass is 477 g/mol. The van der Waals surface area contributed by atoms with Gasteiger partial charge in [0.1, 0.15) is 0 Å². The van der Waals surface area contributed by atoms with Crippen molar-refractivity contribution in [3.63, 3.8) is 0 Å². The van der Waals surface area contributed by atoms with Gasteiger partial charge in [0.15, 0.2) is 0 Å². The summed E-state index contributed by atoms with van der Waals surface area (Å²) in [7, 11) is -3.67. The third kappa shape index (κ3) is 5.26. The molecule has 7 nitrogen and oxygen atoms in total. The van der Waals surface area contributed by atoms with Gasteiger partial charge in [-0.3, -0.25) is 4.79 Å². The number of morpholine rings is 1. The van der Waals surface area contributed by atoms with E-state index in [0.29, 0.717) is 37.0 Å². The third-order valence-electron chi connectivity index (χ3n) is 5.86. The number of carbonyl (C=O) groups is 1. The van der Waals surface area contributed by atoms with Crippen LogP contribution in [0.15, 0.2) is 47.4 Å². The van der Waals surface area contributed by atoms with Gasteiger partial charge in [-0.1, -0.05) is 29.8 Å². The zero-order valence-corrected chi connectivity index (χ0v) is 19.5. The number of amides is 1. The van der Waals surface area contributed by atoms with Crippen molar-refractivity contribution < 1.29 is 17.9 Å². The fourth-order valence-corrected chi connectivity index (χ4v) is 5.77. The Labute approximate surface area is 194 Å². The summed E-state index contributed by atoms with van der Waals surface area (Å²) in [4.78, 5) is 15.2. The topological polar surface area (TPSA) is 79.0 Å². The van der Waals surface area contributed by atoms with Gasteiger partial charge in [0.25, 0.3) is 0 Å². The summed E-state index contributed by atoms with van der Waals surface area (Å²) < 4.78 is 33.1. The fourth-order valence-electron chi connectivity index (χ4n) is 4.13. The van der Waals surface area contributed by atoms with Crippen LogP contribution in [0.5, 0.6) is 0 Å². The quantitative estimate of drug-likeness (QED) is 0.688. The maximum Gasteiger partial charge on any atom is 0.243 e. The van der Waals surface area contributed by atoms with Crippen molar-refractivity contribution in [2.45, 2.75) is 30.6 Å². The average molecular weight is 478 g/mol. The highest BCUT2D eigenvalue weighted by Gasteiger charge is 2.28. The second kappa shape index (κ2) is 10.2. The zero-order chi connectivity index (χ0) is 22.6. The molecule has 2 aromatic carbocycles. The van der Waals surface area contributed by atoms with E-state index in [1.54, 1.807) is 18.2 Å². The molecule has 0 spiro atoms. The Bertz CT molecular complexity index is 1060. The third-order valence-corrected chi connectivity index (χ3v) is 8.12. The first-order valence-electron chi connectivity index (χ1n) is 11.0. The first kappa shape index (κ1) is 23.0. The standard InChI is InChI=1S/C23H28ClN3O4S/c24-20-7-3-2-6-18(20)16-23(28)25-21-17-19(32(29,30)27-12-14-31-15-13-27)8-9-22(21)26-10-4-1-5-11-26/h2-3,6-9,17H,1,4-5,10-16H2,(H,25,28). The van der Waals surface area contributed by atoms with E-state index in [9.17, 15) is 13.2 Å². The van der Waals surface area contributed by atoms with Crippen LogP contribution in [0, 0.1) is 0 Å². The van der Waals surface area contributed by atoms with Crippen molar-refractivity contribution in [2.24, 2.45) is 0 Å². The van der Waals surface area contributed by atoms with Crippen LogP contribution in [0.4, 0.5) is 11.4 Å². The first-order chi connectivity index (χ1) is 15.4. The van der Waals surface area contributed by atoms with E-state index in [0.717, 1.165) is 37.2 Å². The highest BCUT2D eigenvalue weighted by molar-refractivity contribution is 7.89. The Morgan fingerprint density at radius 1 is 1.00 bits per heavy atom. The largest absolute Gasteiger partial charge is 0.379 e. The second-order valence-electron chi connectivity index (χ2n) is 8.06. The molecule has 2 aliphatic heterocycles. The van der Waals surface area contributed by atoms with Crippen molar-refractivity contribution in [3.05, 3.63) is 53.1 Å². The summed E-state index contributed by atoms with van der Waals surface area (Å²) in [5.74, 6) is -0.239. The molecule has 0 atom stereocenters. The predicted molar refractivity (Wildman–Crippen MR) is 126 cm³/mol. The molecule has 0 unspecified atom stereocenters. The van der Waals surface area contributed by atoms with Crippen molar-refractivity contribution >= 4 is 38.9 Å². The van der Waals surface area contributed by atoms with Gasteiger partial charge in [-0.25, -0.2) is 8.42 Å². The second-order valence-corrected chi connectivity index (χ2v) is 10.4. The summed E-state index contributed by atoms with van der Waals surface area (Å²) in [6, 6.07) is 12.2. The van der Waals surface area contributed by atoms with Crippen LogP contribution in [-0.2, 0) is 26.0 Å². The Morgan fingerprint density at radius 3 is 2.44 bits per heavy atom. The molecular weight excluding hydrogens is 450 g/mol. The summed E-state index contributed by atoms with van der Waals surface area (Å²) in [5.41, 5.74) is 2.08. The van der Waals surface area contributed by atoms with Crippen molar-refractivity contribution in [3.8, 4) is 0 Å². The molecule has 0 saturated carbocycles. The zero-order valence-electron chi connectivity index (χ0n) is 17.9. The lowest BCUT2D eigenvalue weighted by Crippen LogP contribution is -2.40. The van der Waals surface area contributed by atoms with E-state index in [1.807, 2.05) is 24.3 Å². The van der Waals surface area contributed by atoms with Crippen LogP contribution in [0.1, 0.15) is 24.8 Å². The molecule has 2 aliphatic rings. The Kier molecular flexibility index (Phi) is 7.35. The molecule has 2 fully saturated rings. The molecule has 32 heavy (non-hydrogen) atoms. The van der Waals surface area contributed by atoms with Crippen LogP contribution < -0.4 is 10.2 Å². The minimum atomic E-state index is -3.67. The van der Waals surface area contributed by atoms with E-state index in [2.05, 4.69) is 10.2 Å². The maximum atomic E-state index is 13.2. The molecule has 172 valence electrons. The number of sulfonamides is 1. The SMILES string of the molecule is O=C(Cc1ccccc1Cl)Nc1cc(S(=O)(=O)N2CCOCC2)ccc1N1CCCCC1.